The van der Waals surface area contributed by atoms with Gasteiger partial charge in [-0.15, -0.1) is 0 Å². The van der Waals surface area contributed by atoms with Gasteiger partial charge in [-0.05, 0) is 60.6 Å². The molecule has 2 aromatic heterocycles. The number of anilines is 1. The van der Waals surface area contributed by atoms with Crippen LogP contribution >= 0.6 is 0 Å². The van der Waals surface area contributed by atoms with Crippen LogP contribution in [0.4, 0.5) is 5.95 Å². The van der Waals surface area contributed by atoms with E-state index in [0.717, 1.165) is 49.8 Å². The molecule has 0 bridgehead atoms. The molecule has 124 valence electrons. The summed E-state index contributed by atoms with van der Waals surface area (Å²) in [7, 11) is 0. The molecule has 7 heteroatoms. The van der Waals surface area contributed by atoms with Gasteiger partial charge in [0.2, 0.25) is 5.95 Å². The van der Waals surface area contributed by atoms with E-state index in [1.54, 1.807) is 6.26 Å². The van der Waals surface area contributed by atoms with Crippen molar-refractivity contribution in [2.75, 3.05) is 24.6 Å². The summed E-state index contributed by atoms with van der Waals surface area (Å²) in [5.41, 5.74) is 1.53. The molecule has 0 amide bonds. The van der Waals surface area contributed by atoms with Crippen LogP contribution in [0.1, 0.15) is 37.5 Å². The maximum Gasteiger partial charge on any atom is 0.245 e. The summed E-state index contributed by atoms with van der Waals surface area (Å²) in [6, 6.07) is 1.96. The lowest BCUT2D eigenvalue weighted by atomic mass is 9.66. The van der Waals surface area contributed by atoms with Crippen LogP contribution in [0.2, 0.25) is 0 Å². The second-order valence-electron chi connectivity index (χ2n) is 6.82. The van der Waals surface area contributed by atoms with Crippen molar-refractivity contribution in [1.29, 1.82) is 0 Å². The Kier molecular flexibility index (Phi) is 3.60. The number of aryl methyl sites for hydroxylation is 1. The molecule has 7 nitrogen and oxygen atoms in total. The molecular weight excluding hydrogens is 294 g/mol. The van der Waals surface area contributed by atoms with E-state index < -0.39 is 0 Å². The Bertz CT molecular complexity index is 674. The average molecular weight is 317 g/mol. The van der Waals surface area contributed by atoms with Crippen molar-refractivity contribution in [3.05, 3.63) is 23.7 Å². The lowest BCUT2D eigenvalue weighted by Crippen LogP contribution is -2.44. The zero-order valence-electron chi connectivity index (χ0n) is 13.7. The van der Waals surface area contributed by atoms with Gasteiger partial charge in [-0.1, -0.05) is 5.10 Å². The predicted molar refractivity (Wildman–Crippen MR) is 84.3 cm³/mol. The van der Waals surface area contributed by atoms with Crippen molar-refractivity contribution < 1.29 is 9.15 Å². The number of tetrazole rings is 1. The van der Waals surface area contributed by atoms with Gasteiger partial charge < -0.3 is 14.1 Å². The van der Waals surface area contributed by atoms with E-state index in [1.807, 2.05) is 17.7 Å². The number of hydrogen-bond acceptors (Lipinski definition) is 6. The van der Waals surface area contributed by atoms with E-state index in [2.05, 4.69) is 27.3 Å². The van der Waals surface area contributed by atoms with Gasteiger partial charge >= 0.3 is 0 Å². The lowest BCUT2D eigenvalue weighted by molar-refractivity contribution is -0.0670. The minimum atomic E-state index is 0.400. The van der Waals surface area contributed by atoms with E-state index in [4.69, 9.17) is 9.15 Å². The summed E-state index contributed by atoms with van der Waals surface area (Å²) in [6.45, 7) is 7.52. The van der Waals surface area contributed by atoms with Crippen LogP contribution in [-0.2, 0) is 11.3 Å². The molecular formula is C16H23N5O2. The summed E-state index contributed by atoms with van der Waals surface area (Å²) < 4.78 is 13.1. The number of hydrogen-bond donors (Lipinski definition) is 0. The Balaban J connectivity index is 1.44. The molecule has 0 radical (unpaired) electrons. The Labute approximate surface area is 135 Å². The first-order chi connectivity index (χ1) is 11.2. The lowest BCUT2D eigenvalue weighted by Gasteiger charge is -2.44. The average Bonchev–Trinajstić information content (AvgIpc) is 3.20. The van der Waals surface area contributed by atoms with E-state index in [1.165, 1.54) is 6.42 Å². The summed E-state index contributed by atoms with van der Waals surface area (Å²) in [6.07, 6.45) is 5.68. The highest BCUT2D eigenvalue weighted by Gasteiger charge is 2.49. The van der Waals surface area contributed by atoms with Crippen LogP contribution in [0.15, 0.2) is 16.7 Å². The summed E-state index contributed by atoms with van der Waals surface area (Å²) in [5, 5.41) is 12.3. The third-order valence-electron chi connectivity index (χ3n) is 5.22. The highest BCUT2D eigenvalue weighted by Crippen LogP contribution is 2.49. The normalized spacial score (nSPS) is 26.9. The standard InChI is InChI=1S/C16H23N5O2/c1-3-22-13-8-16(9-13)5-6-20(11-16)15-17-18-19-21(15)10-14-12(2)4-7-23-14/h4,7,13H,3,5-6,8-11H2,1-2H3. The molecule has 0 unspecified atom stereocenters. The van der Waals surface area contributed by atoms with Crippen molar-refractivity contribution in [2.45, 2.75) is 45.8 Å². The molecule has 4 rings (SSSR count). The van der Waals surface area contributed by atoms with Gasteiger partial charge in [0.15, 0.2) is 0 Å². The SMILES string of the molecule is CCOC1CC2(CCN(c3nnnn3Cc3occc3C)C2)C1. The quantitative estimate of drug-likeness (QED) is 0.840. The Hall–Kier alpha value is -1.89. The van der Waals surface area contributed by atoms with Crippen molar-refractivity contribution in [2.24, 2.45) is 5.41 Å². The van der Waals surface area contributed by atoms with E-state index in [-0.39, 0.29) is 0 Å². The van der Waals surface area contributed by atoms with Gasteiger partial charge in [-0.25, -0.2) is 4.68 Å². The third kappa shape index (κ3) is 2.63. The van der Waals surface area contributed by atoms with Gasteiger partial charge in [0.1, 0.15) is 12.3 Å². The van der Waals surface area contributed by atoms with Gasteiger partial charge in [-0.3, -0.25) is 0 Å². The number of ether oxygens (including phenoxy) is 1. The molecule has 3 heterocycles. The molecule has 0 aromatic carbocycles. The largest absolute Gasteiger partial charge is 0.467 e. The maximum atomic E-state index is 5.72. The highest BCUT2D eigenvalue weighted by atomic mass is 16.5. The third-order valence-corrected chi connectivity index (χ3v) is 5.22. The highest BCUT2D eigenvalue weighted by molar-refractivity contribution is 5.33. The molecule has 23 heavy (non-hydrogen) atoms. The smallest absolute Gasteiger partial charge is 0.245 e. The molecule has 1 aliphatic carbocycles. The van der Waals surface area contributed by atoms with Gasteiger partial charge in [-0.2, -0.15) is 0 Å². The minimum Gasteiger partial charge on any atom is -0.467 e. The van der Waals surface area contributed by atoms with Crippen LogP contribution < -0.4 is 4.90 Å². The monoisotopic (exact) mass is 317 g/mol. The molecule has 2 aromatic rings. The van der Waals surface area contributed by atoms with Crippen LogP contribution in [-0.4, -0.2) is 46.0 Å². The molecule has 2 aliphatic rings. The first kappa shape index (κ1) is 14.7. The first-order valence-electron chi connectivity index (χ1n) is 8.35. The minimum absolute atomic E-state index is 0.400. The summed E-state index contributed by atoms with van der Waals surface area (Å²) >= 11 is 0. The molecule has 0 atom stereocenters. The fourth-order valence-electron chi connectivity index (χ4n) is 3.93. The number of furan rings is 1. The second-order valence-corrected chi connectivity index (χ2v) is 6.82. The first-order valence-corrected chi connectivity index (χ1v) is 8.35. The maximum absolute atomic E-state index is 5.72. The molecule has 1 saturated carbocycles. The fraction of sp³-hybridized carbons (Fsp3) is 0.688. The zero-order valence-corrected chi connectivity index (χ0v) is 13.7. The van der Waals surface area contributed by atoms with Crippen molar-refractivity contribution in [1.82, 2.24) is 20.2 Å². The number of rotatable bonds is 5. The van der Waals surface area contributed by atoms with Gasteiger partial charge in [0.05, 0.1) is 12.4 Å². The van der Waals surface area contributed by atoms with Crippen LogP contribution in [0, 0.1) is 12.3 Å². The summed E-state index contributed by atoms with van der Waals surface area (Å²) in [4.78, 5) is 2.31. The summed E-state index contributed by atoms with van der Waals surface area (Å²) in [5.74, 6) is 1.75. The molecule has 2 fully saturated rings. The second kappa shape index (κ2) is 5.63. The van der Waals surface area contributed by atoms with E-state index in [9.17, 15) is 0 Å². The molecule has 1 spiro atoms. The Morgan fingerprint density at radius 2 is 2.30 bits per heavy atom. The fourth-order valence-corrected chi connectivity index (χ4v) is 3.93. The van der Waals surface area contributed by atoms with Crippen LogP contribution in [0.25, 0.3) is 0 Å². The van der Waals surface area contributed by atoms with Crippen LogP contribution in [0.3, 0.4) is 0 Å². The van der Waals surface area contributed by atoms with Crippen molar-refractivity contribution in [3.63, 3.8) is 0 Å². The topological polar surface area (TPSA) is 69.2 Å². The molecule has 1 aliphatic heterocycles. The van der Waals surface area contributed by atoms with Crippen LogP contribution in [0.5, 0.6) is 0 Å². The number of aromatic nitrogens is 4. The van der Waals surface area contributed by atoms with Crippen molar-refractivity contribution >= 4 is 5.95 Å². The zero-order chi connectivity index (χ0) is 15.9. The number of nitrogens with zero attached hydrogens (tertiary/aromatic N) is 5. The Morgan fingerprint density at radius 3 is 3.04 bits per heavy atom. The van der Waals surface area contributed by atoms with E-state index in [0.29, 0.717) is 18.1 Å². The van der Waals surface area contributed by atoms with Gasteiger partial charge in [0, 0.05) is 19.7 Å². The Morgan fingerprint density at radius 1 is 1.43 bits per heavy atom. The van der Waals surface area contributed by atoms with Crippen molar-refractivity contribution in [3.8, 4) is 0 Å². The molecule has 0 N–H and O–H groups in total. The molecule has 1 saturated heterocycles. The van der Waals surface area contributed by atoms with Gasteiger partial charge in [0.25, 0.3) is 0 Å². The predicted octanol–water partition coefficient (Wildman–Crippen LogP) is 2.02. The van der Waals surface area contributed by atoms with E-state index >= 15 is 0 Å².